The molecule has 0 atom stereocenters. The number of nitrogens with zero attached hydrogens (tertiary/aromatic N) is 3. The first-order valence-electron chi connectivity index (χ1n) is 11.2. The molecule has 1 aliphatic heterocycles. The zero-order valence-electron chi connectivity index (χ0n) is 18.5. The Hall–Kier alpha value is -3.13. The van der Waals surface area contributed by atoms with E-state index in [0.717, 1.165) is 18.4 Å². The maximum atomic E-state index is 13.1. The number of carbonyl (C=O) groups excluding carboxylic acids is 2. The normalized spacial score (nSPS) is 16.5. The van der Waals surface area contributed by atoms with Gasteiger partial charge in [-0.15, -0.1) is 0 Å². The molecule has 0 spiro atoms. The van der Waals surface area contributed by atoms with Crippen LogP contribution >= 0.6 is 0 Å². The van der Waals surface area contributed by atoms with Crippen molar-refractivity contribution in [3.8, 4) is 11.5 Å². The third-order valence-electron chi connectivity index (χ3n) is 5.58. The van der Waals surface area contributed by atoms with E-state index in [-0.39, 0.29) is 11.8 Å². The molecule has 0 radical (unpaired) electrons. The van der Waals surface area contributed by atoms with Crippen molar-refractivity contribution < 1.29 is 19.1 Å². The van der Waals surface area contributed by atoms with E-state index in [4.69, 9.17) is 9.47 Å². The van der Waals surface area contributed by atoms with Crippen LogP contribution in [0.1, 0.15) is 35.7 Å². The minimum atomic E-state index is -0.0353. The van der Waals surface area contributed by atoms with Gasteiger partial charge in [0, 0.05) is 55.7 Å². The topological polar surface area (TPSA) is 84.0 Å². The maximum absolute atomic E-state index is 13.1. The number of nitrogens with one attached hydrogen (secondary N) is 1. The summed E-state index contributed by atoms with van der Waals surface area (Å²) in [4.78, 5) is 33.1. The highest BCUT2D eigenvalue weighted by molar-refractivity contribution is 5.95. The Kier molecular flexibility index (Phi) is 7.21. The molecular formula is C24H30N4O4. The highest BCUT2D eigenvalue weighted by Gasteiger charge is 2.27. The Morgan fingerprint density at radius 1 is 1.09 bits per heavy atom. The fourth-order valence-electron chi connectivity index (χ4n) is 3.67. The van der Waals surface area contributed by atoms with E-state index in [0.29, 0.717) is 69.0 Å². The number of rotatable bonds is 9. The summed E-state index contributed by atoms with van der Waals surface area (Å²) >= 11 is 0. The fraction of sp³-hybridized carbons (Fsp3) is 0.458. The van der Waals surface area contributed by atoms with Gasteiger partial charge in [0.25, 0.3) is 5.91 Å². The summed E-state index contributed by atoms with van der Waals surface area (Å²) in [6.07, 6.45) is 5.65. The summed E-state index contributed by atoms with van der Waals surface area (Å²) in [5, 5.41) is 3.01. The minimum absolute atomic E-state index is 0.0353. The van der Waals surface area contributed by atoms with Gasteiger partial charge in [0.2, 0.25) is 5.91 Å². The van der Waals surface area contributed by atoms with Crippen LogP contribution in [0.5, 0.6) is 11.5 Å². The predicted octanol–water partition coefficient (Wildman–Crippen LogP) is 2.10. The molecule has 1 aliphatic carbocycles. The summed E-state index contributed by atoms with van der Waals surface area (Å²) in [6.45, 7) is 5.72. The van der Waals surface area contributed by atoms with Crippen molar-refractivity contribution in [1.29, 1.82) is 0 Å². The van der Waals surface area contributed by atoms with Gasteiger partial charge in [-0.2, -0.15) is 0 Å². The molecule has 2 aliphatic rings. The first-order valence-corrected chi connectivity index (χ1v) is 11.2. The van der Waals surface area contributed by atoms with Crippen LogP contribution in [0.25, 0.3) is 0 Å². The number of hydrogen-bond acceptors (Lipinski definition) is 6. The molecule has 8 heteroatoms. The van der Waals surface area contributed by atoms with Crippen LogP contribution in [-0.2, 0) is 11.4 Å². The van der Waals surface area contributed by atoms with E-state index < -0.39 is 0 Å². The van der Waals surface area contributed by atoms with Gasteiger partial charge in [-0.05, 0) is 44.0 Å². The largest absolute Gasteiger partial charge is 0.490 e. The number of hydrogen-bond donors (Lipinski definition) is 1. The van der Waals surface area contributed by atoms with Gasteiger partial charge in [0.05, 0.1) is 13.2 Å². The van der Waals surface area contributed by atoms with E-state index in [2.05, 4.69) is 15.2 Å². The monoisotopic (exact) mass is 438 g/mol. The molecule has 8 nitrogen and oxygen atoms in total. The van der Waals surface area contributed by atoms with E-state index in [1.807, 2.05) is 24.0 Å². The number of benzene rings is 1. The van der Waals surface area contributed by atoms with Gasteiger partial charge in [-0.1, -0.05) is 6.07 Å². The van der Waals surface area contributed by atoms with Gasteiger partial charge < -0.3 is 19.7 Å². The van der Waals surface area contributed by atoms with E-state index in [9.17, 15) is 9.59 Å². The molecule has 0 unspecified atom stereocenters. The lowest BCUT2D eigenvalue weighted by atomic mass is 10.1. The number of aromatic nitrogens is 1. The average Bonchev–Trinajstić information content (AvgIpc) is 3.63. The van der Waals surface area contributed by atoms with Crippen LogP contribution in [0.4, 0.5) is 0 Å². The molecule has 1 saturated heterocycles. The second-order valence-corrected chi connectivity index (χ2v) is 8.15. The summed E-state index contributed by atoms with van der Waals surface area (Å²) in [7, 11) is 0. The zero-order valence-corrected chi connectivity index (χ0v) is 18.5. The molecule has 4 rings (SSSR count). The Bertz CT molecular complexity index is 925. The highest BCUT2D eigenvalue weighted by Crippen LogP contribution is 2.30. The van der Waals surface area contributed by atoms with Crippen LogP contribution in [0.2, 0.25) is 0 Å². The lowest BCUT2D eigenvalue weighted by Crippen LogP contribution is -2.51. The lowest BCUT2D eigenvalue weighted by Gasteiger charge is -2.34. The first kappa shape index (κ1) is 22.1. The molecule has 1 N–H and O–H groups in total. The molecule has 1 saturated carbocycles. The van der Waals surface area contributed by atoms with Crippen molar-refractivity contribution in [2.75, 3.05) is 39.3 Å². The lowest BCUT2D eigenvalue weighted by molar-refractivity contribution is -0.122. The summed E-state index contributed by atoms with van der Waals surface area (Å²) in [5.74, 6) is 1.19. The van der Waals surface area contributed by atoms with Gasteiger partial charge in [0.15, 0.2) is 11.5 Å². The SMILES string of the molecule is CCOc1cc(C(=O)N2CCN(CC(=O)NC3CC3)CC2)ccc1OCc1cccnc1. The molecule has 1 aromatic heterocycles. The Balaban J connectivity index is 1.33. The van der Waals surface area contributed by atoms with Crippen LogP contribution in [0.3, 0.4) is 0 Å². The molecule has 0 bridgehead atoms. The molecule has 2 aromatic rings. The third kappa shape index (κ3) is 5.97. The van der Waals surface area contributed by atoms with E-state index in [1.165, 1.54) is 0 Å². The van der Waals surface area contributed by atoms with Crippen molar-refractivity contribution in [3.05, 3.63) is 53.9 Å². The predicted molar refractivity (Wildman–Crippen MR) is 120 cm³/mol. The standard InChI is InChI=1S/C24H30N4O4/c1-2-31-22-14-19(5-8-21(22)32-17-18-4-3-9-25-15-18)24(30)28-12-10-27(11-13-28)16-23(29)26-20-6-7-20/h3-5,8-9,14-15,20H,2,6-7,10-13,16-17H2,1H3,(H,26,29). The number of amides is 2. The summed E-state index contributed by atoms with van der Waals surface area (Å²) < 4.78 is 11.6. The van der Waals surface area contributed by atoms with Crippen LogP contribution in [-0.4, -0.2) is 72.0 Å². The van der Waals surface area contributed by atoms with Crippen LogP contribution in [0, 0.1) is 0 Å². The number of ether oxygens (including phenoxy) is 2. The van der Waals surface area contributed by atoms with Gasteiger partial charge in [-0.25, -0.2) is 0 Å². The van der Waals surface area contributed by atoms with Crippen LogP contribution in [0.15, 0.2) is 42.7 Å². The van der Waals surface area contributed by atoms with Gasteiger partial charge in [-0.3, -0.25) is 19.5 Å². The van der Waals surface area contributed by atoms with Crippen LogP contribution < -0.4 is 14.8 Å². The quantitative estimate of drug-likeness (QED) is 0.646. The van der Waals surface area contributed by atoms with Gasteiger partial charge >= 0.3 is 0 Å². The second kappa shape index (κ2) is 10.5. The van der Waals surface area contributed by atoms with Crippen molar-refractivity contribution in [2.45, 2.75) is 32.4 Å². The molecule has 32 heavy (non-hydrogen) atoms. The first-order chi connectivity index (χ1) is 15.6. The number of pyridine rings is 1. The van der Waals surface area contributed by atoms with Crippen molar-refractivity contribution in [1.82, 2.24) is 20.1 Å². The zero-order chi connectivity index (χ0) is 22.3. The summed E-state index contributed by atoms with van der Waals surface area (Å²) in [6, 6.07) is 9.50. The maximum Gasteiger partial charge on any atom is 0.254 e. The fourth-order valence-corrected chi connectivity index (χ4v) is 3.67. The second-order valence-electron chi connectivity index (χ2n) is 8.15. The third-order valence-corrected chi connectivity index (χ3v) is 5.58. The van der Waals surface area contributed by atoms with E-state index in [1.54, 1.807) is 30.6 Å². The number of carbonyl (C=O) groups is 2. The Labute approximate surface area is 188 Å². The minimum Gasteiger partial charge on any atom is -0.490 e. The number of piperazine rings is 1. The Morgan fingerprint density at radius 2 is 1.91 bits per heavy atom. The van der Waals surface area contributed by atoms with Crippen molar-refractivity contribution in [2.24, 2.45) is 0 Å². The van der Waals surface area contributed by atoms with Crippen molar-refractivity contribution >= 4 is 11.8 Å². The van der Waals surface area contributed by atoms with Crippen molar-refractivity contribution in [3.63, 3.8) is 0 Å². The highest BCUT2D eigenvalue weighted by atomic mass is 16.5. The molecule has 2 fully saturated rings. The molecular weight excluding hydrogens is 408 g/mol. The Morgan fingerprint density at radius 3 is 2.59 bits per heavy atom. The van der Waals surface area contributed by atoms with Gasteiger partial charge in [0.1, 0.15) is 6.61 Å². The van der Waals surface area contributed by atoms with E-state index >= 15 is 0 Å². The molecule has 170 valence electrons. The molecule has 1 aromatic carbocycles. The smallest absolute Gasteiger partial charge is 0.254 e. The molecule has 2 amide bonds. The summed E-state index contributed by atoms with van der Waals surface area (Å²) in [5.41, 5.74) is 1.53. The molecule has 2 heterocycles. The average molecular weight is 439 g/mol.